The van der Waals surface area contributed by atoms with Crippen LogP contribution in [0.1, 0.15) is 16.7 Å². The Balaban J connectivity index is 2.68. The van der Waals surface area contributed by atoms with Crippen molar-refractivity contribution in [1.82, 2.24) is 0 Å². The van der Waals surface area contributed by atoms with Crippen molar-refractivity contribution in [2.24, 2.45) is 2.50 Å². The summed E-state index contributed by atoms with van der Waals surface area (Å²) in [5, 5.41) is 0. The molecular formula is C22H21F3NO2SSb. The molecule has 158 valence electrons. The van der Waals surface area contributed by atoms with Crippen LogP contribution in [-0.2, 0) is 10.0 Å². The Morgan fingerprint density at radius 2 is 0.967 bits per heavy atom. The van der Waals surface area contributed by atoms with Crippen LogP contribution in [0.5, 0.6) is 0 Å². The van der Waals surface area contributed by atoms with Gasteiger partial charge in [0.1, 0.15) is 0 Å². The summed E-state index contributed by atoms with van der Waals surface area (Å²) >= 11 is -4.91. The number of hydrogen-bond acceptors (Lipinski definition) is 2. The van der Waals surface area contributed by atoms with E-state index >= 15 is 0 Å². The van der Waals surface area contributed by atoms with Gasteiger partial charge in [0.25, 0.3) is 0 Å². The fourth-order valence-corrected chi connectivity index (χ4v) is 19.8. The Morgan fingerprint density at radius 1 is 0.667 bits per heavy atom. The van der Waals surface area contributed by atoms with Crippen LogP contribution in [0.3, 0.4) is 0 Å². The first kappa shape index (κ1) is 22.7. The second-order valence-electron chi connectivity index (χ2n) is 7.00. The van der Waals surface area contributed by atoms with Crippen LogP contribution < -0.4 is 10.5 Å². The molecule has 0 spiro atoms. The molecule has 0 aliphatic carbocycles. The molecule has 3 rings (SSSR count). The molecule has 0 bridgehead atoms. The predicted molar refractivity (Wildman–Crippen MR) is 116 cm³/mol. The van der Waals surface area contributed by atoms with E-state index in [0.29, 0.717) is 10.5 Å². The van der Waals surface area contributed by atoms with Crippen LogP contribution in [0, 0.1) is 20.8 Å². The first-order valence-corrected chi connectivity index (χ1v) is 15.6. The van der Waals surface area contributed by atoms with E-state index < -0.39 is 34.2 Å². The van der Waals surface area contributed by atoms with Crippen molar-refractivity contribution in [3.05, 3.63) is 89.5 Å². The van der Waals surface area contributed by atoms with E-state index in [2.05, 4.69) is 2.50 Å². The standard InChI is InChI=1S/3C7H7.CF3NO2S.Sb/c3*1-7-5-3-2-4-6-7;2-1(3,4)8(5,6)7;/h3*2-5H,1H3;;. The second kappa shape index (κ2) is 8.27. The fourth-order valence-electron chi connectivity index (χ4n) is 3.51. The number of alkyl halides is 3. The third-order valence-corrected chi connectivity index (χ3v) is 20.2. The summed E-state index contributed by atoms with van der Waals surface area (Å²) in [7, 11) is -5.74. The summed E-state index contributed by atoms with van der Waals surface area (Å²) in [4.78, 5) is 0. The average Bonchev–Trinajstić information content (AvgIpc) is 2.67. The molecule has 0 N–H and O–H groups in total. The Morgan fingerprint density at radius 3 is 1.23 bits per heavy atom. The van der Waals surface area contributed by atoms with Gasteiger partial charge in [-0.2, -0.15) is 0 Å². The van der Waals surface area contributed by atoms with E-state index in [1.54, 1.807) is 93.6 Å². The monoisotopic (exact) mass is 541 g/mol. The Bertz CT molecular complexity index is 1130. The SMILES string of the molecule is Cc1cccc[c]1[Sb](=[N]S(=O)(=O)C(F)(F)F)([c]1ccccc1C)[c]1ccccc1C. The summed E-state index contributed by atoms with van der Waals surface area (Å²) in [6.45, 7) is 5.35. The fraction of sp³-hybridized carbons (Fsp3) is 0.182. The van der Waals surface area contributed by atoms with Crippen molar-refractivity contribution in [3.8, 4) is 0 Å². The van der Waals surface area contributed by atoms with Gasteiger partial charge in [-0.3, -0.25) is 0 Å². The van der Waals surface area contributed by atoms with Crippen LogP contribution >= 0.6 is 0 Å². The minimum atomic E-state index is -5.74. The third kappa shape index (κ3) is 3.97. The van der Waals surface area contributed by atoms with Crippen molar-refractivity contribution in [3.63, 3.8) is 0 Å². The molecule has 0 saturated heterocycles. The molecule has 0 radical (unpaired) electrons. The molecule has 3 aromatic rings. The van der Waals surface area contributed by atoms with Gasteiger partial charge in [0.2, 0.25) is 0 Å². The van der Waals surface area contributed by atoms with Gasteiger partial charge in [-0.05, 0) is 0 Å². The first-order chi connectivity index (χ1) is 14.0. The van der Waals surface area contributed by atoms with Crippen molar-refractivity contribution in [2.75, 3.05) is 0 Å². The van der Waals surface area contributed by atoms with Crippen LogP contribution in [0.25, 0.3) is 0 Å². The topological polar surface area (TPSA) is 46.5 Å². The molecule has 0 fully saturated rings. The molecule has 3 aromatic carbocycles. The maximum atomic E-state index is 13.6. The minimum absolute atomic E-state index is 0.576. The van der Waals surface area contributed by atoms with E-state index in [-0.39, 0.29) is 0 Å². The number of halogens is 3. The van der Waals surface area contributed by atoms with Crippen molar-refractivity contribution < 1.29 is 21.6 Å². The molecule has 0 saturated carbocycles. The average molecular weight is 542 g/mol. The molecular weight excluding hydrogens is 521 g/mol. The predicted octanol–water partition coefficient (Wildman–Crippen LogP) is 3.70. The number of sulfonamides is 1. The van der Waals surface area contributed by atoms with E-state index in [4.69, 9.17) is 0 Å². The molecule has 0 aliphatic rings. The molecule has 0 aromatic heterocycles. The molecule has 8 heteroatoms. The Kier molecular flexibility index (Phi) is 6.26. The third-order valence-electron chi connectivity index (χ3n) is 4.91. The van der Waals surface area contributed by atoms with Gasteiger partial charge in [0.15, 0.2) is 0 Å². The Labute approximate surface area is 178 Å². The van der Waals surface area contributed by atoms with Crippen LogP contribution in [-0.4, -0.2) is 32.6 Å². The molecule has 3 nitrogen and oxygen atoms in total. The van der Waals surface area contributed by atoms with Crippen LogP contribution in [0.4, 0.5) is 13.2 Å². The van der Waals surface area contributed by atoms with E-state index in [1.807, 2.05) is 0 Å². The molecule has 0 heterocycles. The molecule has 0 atom stereocenters. The zero-order valence-electron chi connectivity index (χ0n) is 16.7. The van der Waals surface area contributed by atoms with Gasteiger partial charge in [-0.1, -0.05) is 0 Å². The zero-order valence-corrected chi connectivity index (χ0v) is 20.1. The first-order valence-electron chi connectivity index (χ1n) is 9.14. The second-order valence-corrected chi connectivity index (χ2v) is 17.7. The summed E-state index contributed by atoms with van der Waals surface area (Å²) in [6, 6.07) is 21.0. The molecule has 30 heavy (non-hydrogen) atoms. The van der Waals surface area contributed by atoms with Crippen molar-refractivity contribution in [2.45, 2.75) is 26.3 Å². The van der Waals surface area contributed by atoms with Gasteiger partial charge in [0.05, 0.1) is 0 Å². The number of hydrogen-bond donors (Lipinski definition) is 0. The van der Waals surface area contributed by atoms with E-state index in [1.165, 1.54) is 0 Å². The summed E-state index contributed by atoms with van der Waals surface area (Å²) < 4.78 is 71.2. The van der Waals surface area contributed by atoms with Gasteiger partial charge >= 0.3 is 179 Å². The van der Waals surface area contributed by atoms with Gasteiger partial charge < -0.3 is 0 Å². The zero-order chi connectivity index (χ0) is 22.2. The summed E-state index contributed by atoms with van der Waals surface area (Å²) in [5.41, 5.74) is -3.32. The van der Waals surface area contributed by atoms with Crippen molar-refractivity contribution in [1.29, 1.82) is 0 Å². The normalized spacial score (nSPS) is 12.6. The number of benzene rings is 3. The number of aryl methyl sites for hydroxylation is 3. The number of rotatable bonds is 4. The molecule has 0 unspecified atom stereocenters. The Hall–Kier alpha value is -1.98. The van der Waals surface area contributed by atoms with E-state index in [9.17, 15) is 21.6 Å². The maximum absolute atomic E-state index is 13.6. The van der Waals surface area contributed by atoms with Gasteiger partial charge in [0, 0.05) is 0 Å². The van der Waals surface area contributed by atoms with Gasteiger partial charge in [-0.25, -0.2) is 0 Å². The molecule has 0 amide bonds. The van der Waals surface area contributed by atoms with Crippen molar-refractivity contribution >= 4 is 39.2 Å². The van der Waals surface area contributed by atoms with Crippen LogP contribution in [0.2, 0.25) is 0 Å². The molecule has 0 aliphatic heterocycles. The summed E-state index contributed by atoms with van der Waals surface area (Å²) in [6.07, 6.45) is 0. The quantitative estimate of drug-likeness (QED) is 0.473. The van der Waals surface area contributed by atoms with Gasteiger partial charge in [-0.15, -0.1) is 0 Å². The van der Waals surface area contributed by atoms with E-state index in [0.717, 1.165) is 16.7 Å². The van der Waals surface area contributed by atoms with Crippen LogP contribution in [0.15, 0.2) is 75.3 Å². The number of nitrogens with zero attached hydrogens (tertiary/aromatic N) is 1. The summed E-state index contributed by atoms with van der Waals surface area (Å²) in [5.74, 6) is 0.